The first-order valence-electron chi connectivity index (χ1n) is 6.03. The molecule has 0 aliphatic rings. The fraction of sp³-hybridized carbons (Fsp3) is 0.462. The number of benzene rings is 1. The van der Waals surface area contributed by atoms with Gasteiger partial charge in [-0.1, -0.05) is 6.07 Å². The Hall–Kier alpha value is -1.34. The molecule has 0 aliphatic heterocycles. The lowest BCUT2D eigenvalue weighted by Crippen LogP contribution is -2.32. The van der Waals surface area contributed by atoms with Gasteiger partial charge in [0.1, 0.15) is 0 Å². The van der Waals surface area contributed by atoms with E-state index in [0.29, 0.717) is 24.0 Å². The van der Waals surface area contributed by atoms with Crippen LogP contribution in [0.4, 0.5) is 18.9 Å². The predicted molar refractivity (Wildman–Crippen MR) is 76.8 cm³/mol. The van der Waals surface area contributed by atoms with E-state index in [1.807, 2.05) is 0 Å². The summed E-state index contributed by atoms with van der Waals surface area (Å²) in [5.41, 5.74) is -0.379. The van der Waals surface area contributed by atoms with Crippen LogP contribution >= 0.6 is 12.2 Å². The Balaban J connectivity index is 2.62. The Morgan fingerprint density at radius 2 is 2.10 bits per heavy atom. The molecule has 0 saturated carbocycles. The molecule has 20 heavy (non-hydrogen) atoms. The van der Waals surface area contributed by atoms with Gasteiger partial charge < -0.3 is 15.0 Å². The second-order valence-electron chi connectivity index (χ2n) is 4.28. The molecule has 1 aromatic rings. The number of nitrogens with one attached hydrogen (secondary N) is 1. The van der Waals surface area contributed by atoms with Crippen molar-refractivity contribution >= 4 is 23.0 Å². The van der Waals surface area contributed by atoms with Gasteiger partial charge in [-0.15, -0.1) is 0 Å². The lowest BCUT2D eigenvalue weighted by molar-refractivity contribution is -0.137. The zero-order valence-electron chi connectivity index (χ0n) is 11.3. The van der Waals surface area contributed by atoms with Crippen molar-refractivity contribution in [3.63, 3.8) is 0 Å². The van der Waals surface area contributed by atoms with Crippen molar-refractivity contribution in [1.82, 2.24) is 4.90 Å². The zero-order valence-corrected chi connectivity index (χ0v) is 12.1. The molecule has 112 valence electrons. The first-order chi connectivity index (χ1) is 9.34. The molecule has 7 heteroatoms. The number of hydrogen-bond donors (Lipinski definition) is 1. The molecule has 0 saturated heterocycles. The summed E-state index contributed by atoms with van der Waals surface area (Å²) in [7, 11) is 3.39. The Morgan fingerprint density at radius 3 is 2.70 bits per heavy atom. The molecule has 0 heterocycles. The SMILES string of the molecule is COCCCN(C)C(=S)Nc1cccc(C(F)(F)F)c1. The molecule has 0 amide bonds. The first-order valence-corrected chi connectivity index (χ1v) is 6.43. The minimum absolute atomic E-state index is 0.323. The van der Waals surface area contributed by atoms with Gasteiger partial charge in [0.2, 0.25) is 0 Å². The minimum atomic E-state index is -4.36. The van der Waals surface area contributed by atoms with E-state index in [1.165, 1.54) is 6.07 Å². The highest BCUT2D eigenvalue weighted by molar-refractivity contribution is 7.80. The summed E-state index contributed by atoms with van der Waals surface area (Å²) in [5.74, 6) is 0. The van der Waals surface area contributed by atoms with E-state index in [1.54, 1.807) is 25.1 Å². The van der Waals surface area contributed by atoms with Gasteiger partial charge in [0, 0.05) is 33.0 Å². The Morgan fingerprint density at radius 1 is 1.40 bits per heavy atom. The van der Waals surface area contributed by atoms with E-state index < -0.39 is 11.7 Å². The Kier molecular flexibility index (Phi) is 6.22. The minimum Gasteiger partial charge on any atom is -0.385 e. The molecule has 0 spiro atoms. The molecular formula is C13H17F3N2OS. The van der Waals surface area contributed by atoms with Crippen LogP contribution in [0.3, 0.4) is 0 Å². The van der Waals surface area contributed by atoms with Crippen LogP contribution in [0.5, 0.6) is 0 Å². The number of nitrogens with zero attached hydrogens (tertiary/aromatic N) is 1. The van der Waals surface area contributed by atoms with Gasteiger partial charge in [-0.25, -0.2) is 0 Å². The maximum atomic E-state index is 12.6. The van der Waals surface area contributed by atoms with E-state index in [-0.39, 0.29) is 0 Å². The van der Waals surface area contributed by atoms with Crippen LogP contribution in [0.25, 0.3) is 0 Å². The maximum absolute atomic E-state index is 12.6. The average Bonchev–Trinajstić information content (AvgIpc) is 2.38. The molecule has 0 aromatic heterocycles. The first kappa shape index (κ1) is 16.7. The number of alkyl halides is 3. The van der Waals surface area contributed by atoms with Crippen LogP contribution in [0.2, 0.25) is 0 Å². The van der Waals surface area contributed by atoms with Crippen molar-refractivity contribution in [2.24, 2.45) is 0 Å². The van der Waals surface area contributed by atoms with Gasteiger partial charge in [0.15, 0.2) is 5.11 Å². The lowest BCUT2D eigenvalue weighted by Gasteiger charge is -2.21. The van der Waals surface area contributed by atoms with E-state index in [4.69, 9.17) is 17.0 Å². The Bertz CT molecular complexity index is 451. The normalized spacial score (nSPS) is 11.2. The van der Waals surface area contributed by atoms with Gasteiger partial charge in [0.25, 0.3) is 0 Å². The third-order valence-corrected chi connectivity index (χ3v) is 3.04. The third-order valence-electron chi connectivity index (χ3n) is 2.63. The molecule has 3 nitrogen and oxygen atoms in total. The summed E-state index contributed by atoms with van der Waals surface area (Å²) in [6.07, 6.45) is -3.57. The molecular weight excluding hydrogens is 289 g/mol. The molecule has 0 bridgehead atoms. The summed E-state index contributed by atoms with van der Waals surface area (Å²) in [6.45, 7) is 1.27. The molecule has 1 aromatic carbocycles. The summed E-state index contributed by atoms with van der Waals surface area (Å²) in [4.78, 5) is 1.76. The van der Waals surface area contributed by atoms with E-state index in [2.05, 4.69) is 5.32 Å². The number of methoxy groups -OCH3 is 1. The summed E-state index contributed by atoms with van der Waals surface area (Å²) < 4.78 is 42.7. The third kappa shape index (κ3) is 5.34. The highest BCUT2D eigenvalue weighted by atomic mass is 32.1. The second kappa shape index (κ2) is 7.44. The highest BCUT2D eigenvalue weighted by Gasteiger charge is 2.30. The fourth-order valence-electron chi connectivity index (χ4n) is 1.54. The molecule has 1 rings (SSSR count). The smallest absolute Gasteiger partial charge is 0.385 e. The molecule has 0 aliphatic carbocycles. The summed E-state index contributed by atoms with van der Waals surface area (Å²) >= 11 is 5.14. The molecule has 0 atom stereocenters. The van der Waals surface area contributed by atoms with E-state index >= 15 is 0 Å². The van der Waals surface area contributed by atoms with E-state index in [9.17, 15) is 13.2 Å². The van der Waals surface area contributed by atoms with Gasteiger partial charge in [-0.05, 0) is 36.8 Å². The number of thiocarbonyl (C=S) groups is 1. The van der Waals surface area contributed by atoms with Gasteiger partial charge >= 0.3 is 6.18 Å². The van der Waals surface area contributed by atoms with Crippen molar-refractivity contribution in [1.29, 1.82) is 0 Å². The Labute approximate surface area is 121 Å². The number of anilines is 1. The van der Waals surface area contributed by atoms with Crippen LogP contribution in [0.1, 0.15) is 12.0 Å². The van der Waals surface area contributed by atoms with Crippen LogP contribution in [0.15, 0.2) is 24.3 Å². The molecule has 0 fully saturated rings. The highest BCUT2D eigenvalue weighted by Crippen LogP contribution is 2.30. The monoisotopic (exact) mass is 306 g/mol. The van der Waals surface area contributed by atoms with Gasteiger partial charge in [-0.2, -0.15) is 13.2 Å². The summed E-state index contributed by atoms with van der Waals surface area (Å²) in [5, 5.41) is 3.17. The number of ether oxygens (including phenoxy) is 1. The quantitative estimate of drug-likeness (QED) is 0.666. The van der Waals surface area contributed by atoms with Crippen molar-refractivity contribution in [3.8, 4) is 0 Å². The second-order valence-corrected chi connectivity index (χ2v) is 4.66. The topological polar surface area (TPSA) is 24.5 Å². The summed E-state index contributed by atoms with van der Waals surface area (Å²) in [6, 6.07) is 4.95. The van der Waals surface area contributed by atoms with Crippen LogP contribution in [-0.4, -0.2) is 37.3 Å². The largest absolute Gasteiger partial charge is 0.416 e. The van der Waals surface area contributed by atoms with Crippen LogP contribution < -0.4 is 5.32 Å². The van der Waals surface area contributed by atoms with Crippen LogP contribution in [-0.2, 0) is 10.9 Å². The predicted octanol–water partition coefficient (Wildman–Crippen LogP) is 3.37. The molecule has 1 N–H and O–H groups in total. The average molecular weight is 306 g/mol. The van der Waals surface area contributed by atoms with Crippen LogP contribution in [0, 0.1) is 0 Å². The van der Waals surface area contributed by atoms with E-state index in [0.717, 1.165) is 18.6 Å². The maximum Gasteiger partial charge on any atom is 0.416 e. The molecule has 0 unspecified atom stereocenters. The van der Waals surface area contributed by atoms with Crippen molar-refractivity contribution in [3.05, 3.63) is 29.8 Å². The molecule has 0 radical (unpaired) electrons. The van der Waals surface area contributed by atoms with Crippen molar-refractivity contribution in [2.45, 2.75) is 12.6 Å². The van der Waals surface area contributed by atoms with Gasteiger partial charge in [-0.3, -0.25) is 0 Å². The van der Waals surface area contributed by atoms with Crippen molar-refractivity contribution < 1.29 is 17.9 Å². The number of rotatable bonds is 5. The standard InChI is InChI=1S/C13H17F3N2OS/c1-18(7-4-8-19-2)12(20)17-11-6-3-5-10(9-11)13(14,15)16/h3,5-6,9H,4,7-8H2,1-2H3,(H,17,20). The number of halogens is 3. The number of hydrogen-bond acceptors (Lipinski definition) is 2. The lowest BCUT2D eigenvalue weighted by atomic mass is 10.2. The zero-order chi connectivity index (χ0) is 15.2. The van der Waals surface area contributed by atoms with Gasteiger partial charge in [0.05, 0.1) is 5.56 Å². The fourth-order valence-corrected chi connectivity index (χ4v) is 1.75. The van der Waals surface area contributed by atoms with Crippen molar-refractivity contribution in [2.75, 3.05) is 32.6 Å².